The van der Waals surface area contributed by atoms with Crippen molar-refractivity contribution in [3.05, 3.63) is 62.6 Å². The van der Waals surface area contributed by atoms with Gasteiger partial charge in [-0.2, -0.15) is 0 Å². The molecule has 2 aliphatic heterocycles. The van der Waals surface area contributed by atoms with Gasteiger partial charge < -0.3 is 15.0 Å². The van der Waals surface area contributed by atoms with Gasteiger partial charge in [0.1, 0.15) is 11.9 Å². The van der Waals surface area contributed by atoms with Gasteiger partial charge in [-0.15, -0.1) is 0 Å². The van der Waals surface area contributed by atoms with E-state index in [2.05, 4.69) is 28.2 Å². The number of likely N-dealkylation sites (tertiary alicyclic amines) is 2. The molecule has 0 aromatic heterocycles. The smallest absolute Gasteiger partial charge is 0.251 e. The molecule has 4 rings (SSSR count). The highest BCUT2D eigenvalue weighted by Gasteiger charge is 2.25. The van der Waals surface area contributed by atoms with E-state index < -0.39 is 0 Å². The van der Waals surface area contributed by atoms with Crippen LogP contribution in [0.25, 0.3) is 0 Å². The number of halogens is 3. The van der Waals surface area contributed by atoms with Gasteiger partial charge in [0, 0.05) is 44.3 Å². The second kappa shape index (κ2) is 9.97. The summed E-state index contributed by atoms with van der Waals surface area (Å²) in [6.07, 6.45) is 2.13. The highest BCUT2D eigenvalue weighted by molar-refractivity contribution is 6.42. The molecular formula is C23H26Cl3N3O2. The molecule has 0 spiro atoms. The first kappa shape index (κ1) is 22.7. The second-order valence-corrected chi connectivity index (χ2v) is 9.60. The zero-order valence-electron chi connectivity index (χ0n) is 17.4. The molecule has 166 valence electrons. The Morgan fingerprint density at radius 1 is 1.03 bits per heavy atom. The Morgan fingerprint density at radius 2 is 1.87 bits per heavy atom. The molecule has 8 heteroatoms. The van der Waals surface area contributed by atoms with Crippen LogP contribution < -0.4 is 10.1 Å². The number of carbonyl (C=O) groups is 1. The number of nitrogens with zero attached hydrogens (tertiary/aromatic N) is 2. The number of benzene rings is 2. The van der Waals surface area contributed by atoms with Gasteiger partial charge in [-0.3, -0.25) is 9.69 Å². The molecule has 2 aromatic rings. The van der Waals surface area contributed by atoms with Crippen molar-refractivity contribution in [2.45, 2.75) is 31.5 Å². The van der Waals surface area contributed by atoms with Crippen LogP contribution in [0.3, 0.4) is 0 Å². The molecule has 1 N–H and O–H groups in total. The zero-order chi connectivity index (χ0) is 22.0. The number of nitrogens with one attached hydrogen (secondary N) is 1. The highest BCUT2D eigenvalue weighted by atomic mass is 35.5. The summed E-state index contributed by atoms with van der Waals surface area (Å²) in [4.78, 5) is 17.1. The maximum Gasteiger partial charge on any atom is 0.251 e. The van der Waals surface area contributed by atoms with E-state index in [0.29, 0.717) is 20.6 Å². The predicted octanol–water partition coefficient (Wildman–Crippen LogP) is 4.73. The number of rotatable bonds is 6. The van der Waals surface area contributed by atoms with Crippen LogP contribution in [0.1, 0.15) is 28.8 Å². The Labute approximate surface area is 198 Å². The van der Waals surface area contributed by atoms with E-state index in [-0.39, 0.29) is 18.1 Å². The number of hydrogen-bond acceptors (Lipinski definition) is 4. The SMILES string of the molecule is CN1CCC(Oc2ccc(CN3CC[C@H](NC(=O)c4ccc(Cl)c(Cl)c4)C3)cc2Cl)C1. The number of hydrogen-bond donors (Lipinski definition) is 1. The number of amides is 1. The molecular weight excluding hydrogens is 457 g/mol. The monoisotopic (exact) mass is 481 g/mol. The van der Waals surface area contributed by atoms with Gasteiger partial charge in [0.05, 0.1) is 15.1 Å². The van der Waals surface area contributed by atoms with Gasteiger partial charge in [0.15, 0.2) is 0 Å². The van der Waals surface area contributed by atoms with Crippen LogP contribution in [0.5, 0.6) is 5.75 Å². The molecule has 0 radical (unpaired) electrons. The molecule has 2 atom stereocenters. The van der Waals surface area contributed by atoms with E-state index in [4.69, 9.17) is 39.5 Å². The fourth-order valence-corrected chi connectivity index (χ4v) is 4.71. The molecule has 2 aliphatic rings. The van der Waals surface area contributed by atoms with Crippen molar-refractivity contribution in [2.75, 3.05) is 33.2 Å². The third-order valence-corrected chi connectivity index (χ3v) is 6.87. The van der Waals surface area contributed by atoms with Crippen LogP contribution in [-0.4, -0.2) is 61.1 Å². The Balaban J connectivity index is 1.29. The van der Waals surface area contributed by atoms with Crippen molar-refractivity contribution in [1.29, 1.82) is 0 Å². The summed E-state index contributed by atoms with van der Waals surface area (Å²) in [6.45, 7) is 4.47. The number of likely N-dealkylation sites (N-methyl/N-ethyl adjacent to an activating group) is 1. The number of carbonyl (C=O) groups excluding carboxylic acids is 1. The van der Waals surface area contributed by atoms with Gasteiger partial charge in [0.2, 0.25) is 0 Å². The largest absolute Gasteiger partial charge is 0.487 e. The summed E-state index contributed by atoms with van der Waals surface area (Å²) < 4.78 is 6.07. The van der Waals surface area contributed by atoms with Crippen LogP contribution in [0.4, 0.5) is 0 Å². The molecule has 1 amide bonds. The summed E-state index contributed by atoms with van der Waals surface area (Å²) in [6, 6.07) is 11.0. The molecule has 5 nitrogen and oxygen atoms in total. The van der Waals surface area contributed by atoms with E-state index in [1.807, 2.05) is 12.1 Å². The first-order valence-corrected chi connectivity index (χ1v) is 11.6. The predicted molar refractivity (Wildman–Crippen MR) is 126 cm³/mol. The maximum absolute atomic E-state index is 12.5. The van der Waals surface area contributed by atoms with Gasteiger partial charge in [-0.05, 0) is 55.8 Å². The first-order valence-electron chi connectivity index (χ1n) is 10.5. The van der Waals surface area contributed by atoms with Crippen molar-refractivity contribution >= 4 is 40.7 Å². The molecule has 2 heterocycles. The second-order valence-electron chi connectivity index (χ2n) is 8.38. The summed E-state index contributed by atoms with van der Waals surface area (Å²) in [5.74, 6) is 0.617. The third kappa shape index (κ3) is 5.85. The van der Waals surface area contributed by atoms with Gasteiger partial charge in [-0.1, -0.05) is 40.9 Å². The minimum absolute atomic E-state index is 0.0967. The lowest BCUT2D eigenvalue weighted by Crippen LogP contribution is -2.37. The Morgan fingerprint density at radius 3 is 2.58 bits per heavy atom. The molecule has 0 saturated carbocycles. The fraction of sp³-hybridized carbons (Fsp3) is 0.435. The lowest BCUT2D eigenvalue weighted by molar-refractivity contribution is 0.0937. The molecule has 0 bridgehead atoms. The Hall–Kier alpha value is -1.50. The van der Waals surface area contributed by atoms with Crippen LogP contribution >= 0.6 is 34.8 Å². The summed E-state index contributed by atoms with van der Waals surface area (Å²) in [5, 5.41) is 4.56. The molecule has 1 unspecified atom stereocenters. The van der Waals surface area contributed by atoms with Crippen LogP contribution in [0, 0.1) is 0 Å². The number of ether oxygens (including phenoxy) is 1. The summed E-state index contributed by atoms with van der Waals surface area (Å²) in [5.41, 5.74) is 1.65. The van der Waals surface area contributed by atoms with E-state index in [1.165, 1.54) is 0 Å². The van der Waals surface area contributed by atoms with Crippen LogP contribution in [0.15, 0.2) is 36.4 Å². The Bertz CT molecular complexity index is 956. The minimum Gasteiger partial charge on any atom is -0.487 e. The lowest BCUT2D eigenvalue weighted by atomic mass is 10.2. The maximum atomic E-state index is 12.5. The molecule has 0 aliphatic carbocycles. The molecule has 2 fully saturated rings. The fourth-order valence-electron chi connectivity index (χ4n) is 4.17. The quantitative estimate of drug-likeness (QED) is 0.646. The van der Waals surface area contributed by atoms with Crippen molar-refractivity contribution < 1.29 is 9.53 Å². The zero-order valence-corrected chi connectivity index (χ0v) is 19.7. The average molecular weight is 483 g/mol. The average Bonchev–Trinajstić information content (AvgIpc) is 3.34. The van der Waals surface area contributed by atoms with Crippen molar-refractivity contribution in [2.24, 2.45) is 0 Å². The lowest BCUT2D eigenvalue weighted by Gasteiger charge is -2.19. The summed E-state index contributed by atoms with van der Waals surface area (Å²) >= 11 is 18.4. The van der Waals surface area contributed by atoms with E-state index in [1.54, 1.807) is 18.2 Å². The first-order chi connectivity index (χ1) is 14.9. The molecule has 2 saturated heterocycles. The molecule has 31 heavy (non-hydrogen) atoms. The van der Waals surface area contributed by atoms with Crippen LogP contribution in [0.2, 0.25) is 15.1 Å². The van der Waals surface area contributed by atoms with Crippen molar-refractivity contribution in [3.8, 4) is 5.75 Å². The van der Waals surface area contributed by atoms with Crippen LogP contribution in [-0.2, 0) is 6.54 Å². The third-order valence-electron chi connectivity index (χ3n) is 5.83. The van der Waals surface area contributed by atoms with Gasteiger partial charge in [-0.25, -0.2) is 0 Å². The topological polar surface area (TPSA) is 44.8 Å². The van der Waals surface area contributed by atoms with E-state index >= 15 is 0 Å². The Kier molecular flexibility index (Phi) is 7.29. The van der Waals surface area contributed by atoms with E-state index in [9.17, 15) is 4.79 Å². The van der Waals surface area contributed by atoms with E-state index in [0.717, 1.165) is 56.9 Å². The highest BCUT2D eigenvalue weighted by Crippen LogP contribution is 2.29. The van der Waals surface area contributed by atoms with Crippen molar-refractivity contribution in [3.63, 3.8) is 0 Å². The standard InChI is InChI=1S/C23H26Cl3N3O2/c1-28-8-7-18(14-28)31-22-5-2-15(10-21(22)26)12-29-9-6-17(13-29)27-23(30)16-3-4-19(24)20(25)11-16/h2-5,10-11,17-18H,6-9,12-14H2,1H3,(H,27,30)/t17-,18?/m0/s1. The molecule has 2 aromatic carbocycles. The van der Waals surface area contributed by atoms with Gasteiger partial charge >= 0.3 is 0 Å². The van der Waals surface area contributed by atoms with Gasteiger partial charge in [0.25, 0.3) is 5.91 Å². The summed E-state index contributed by atoms with van der Waals surface area (Å²) in [7, 11) is 2.10. The minimum atomic E-state index is -0.132. The van der Waals surface area contributed by atoms with Crippen molar-refractivity contribution in [1.82, 2.24) is 15.1 Å². The normalized spacial score (nSPS) is 22.1.